The highest BCUT2D eigenvalue weighted by atomic mass is 16.7. The molecule has 0 aliphatic carbocycles. The van der Waals surface area contributed by atoms with E-state index in [2.05, 4.69) is 13.8 Å². The summed E-state index contributed by atoms with van der Waals surface area (Å²) in [6.07, 6.45) is 24.1. The first-order chi connectivity index (χ1) is 17.6. The van der Waals surface area contributed by atoms with Crippen LogP contribution in [0.4, 0.5) is 0 Å². The maximum atomic E-state index is 12.0. The summed E-state index contributed by atoms with van der Waals surface area (Å²) in [7, 11) is 0. The van der Waals surface area contributed by atoms with Crippen molar-refractivity contribution in [2.75, 3.05) is 19.8 Å². The average molecular weight is 515 g/mol. The third kappa shape index (κ3) is 27.4. The highest BCUT2D eigenvalue weighted by Crippen LogP contribution is 2.12. The van der Waals surface area contributed by atoms with Gasteiger partial charge in [-0.15, -0.1) is 0 Å². The molecule has 0 fully saturated rings. The molecule has 0 aliphatic heterocycles. The van der Waals surface area contributed by atoms with Crippen molar-refractivity contribution in [1.82, 2.24) is 0 Å². The summed E-state index contributed by atoms with van der Waals surface area (Å²) in [4.78, 5) is 22.7. The molecule has 0 aromatic carbocycles. The Hall–Kier alpha value is -1.14. The van der Waals surface area contributed by atoms with Gasteiger partial charge in [0.25, 0.3) is 0 Å². The highest BCUT2D eigenvalue weighted by Gasteiger charge is 2.16. The lowest BCUT2D eigenvalue weighted by atomic mass is 10.1. The summed E-state index contributed by atoms with van der Waals surface area (Å²) in [5, 5.41) is 8.77. The van der Waals surface area contributed by atoms with Crippen molar-refractivity contribution in [1.29, 1.82) is 0 Å². The summed E-state index contributed by atoms with van der Waals surface area (Å²) in [6, 6.07) is 0. The van der Waals surface area contributed by atoms with E-state index in [9.17, 15) is 9.59 Å². The highest BCUT2D eigenvalue weighted by molar-refractivity contribution is 5.76. The molecule has 0 saturated heterocycles. The minimum atomic E-state index is -1.01. The number of unbranched alkanes of at least 4 members (excludes halogenated alkanes) is 18. The van der Waals surface area contributed by atoms with Gasteiger partial charge in [0.05, 0.1) is 19.4 Å². The van der Waals surface area contributed by atoms with Crippen molar-refractivity contribution in [3.05, 3.63) is 0 Å². The van der Waals surface area contributed by atoms with E-state index < -0.39 is 18.2 Å². The smallest absolute Gasteiger partial charge is 0.308 e. The Morgan fingerprint density at radius 3 is 1.44 bits per heavy atom. The Bertz CT molecular complexity index is 482. The summed E-state index contributed by atoms with van der Waals surface area (Å²) < 4.78 is 16.8. The molecule has 6 nitrogen and oxygen atoms in total. The quantitative estimate of drug-likeness (QED) is 0.0611. The summed E-state index contributed by atoms with van der Waals surface area (Å²) in [6.45, 7) is 5.84. The summed E-state index contributed by atoms with van der Waals surface area (Å²) in [5.41, 5.74) is 0. The number of rotatable bonds is 29. The lowest BCUT2D eigenvalue weighted by Crippen LogP contribution is -2.27. The molecule has 0 saturated carbocycles. The normalized spacial score (nSPS) is 12.1. The number of esters is 1. The molecule has 36 heavy (non-hydrogen) atoms. The molecule has 214 valence electrons. The second-order valence-electron chi connectivity index (χ2n) is 10.1. The zero-order chi connectivity index (χ0) is 26.5. The molecule has 0 aromatic heterocycles. The van der Waals surface area contributed by atoms with E-state index in [1.54, 1.807) is 0 Å². The van der Waals surface area contributed by atoms with Crippen LogP contribution in [-0.2, 0) is 23.8 Å². The van der Waals surface area contributed by atoms with E-state index in [0.29, 0.717) is 13.2 Å². The molecule has 0 aliphatic rings. The van der Waals surface area contributed by atoms with E-state index in [-0.39, 0.29) is 19.4 Å². The van der Waals surface area contributed by atoms with Gasteiger partial charge in [-0.25, -0.2) is 0 Å². The predicted molar refractivity (Wildman–Crippen MR) is 147 cm³/mol. The number of carbonyl (C=O) groups excluding carboxylic acids is 1. The first kappa shape index (κ1) is 34.9. The van der Waals surface area contributed by atoms with Crippen LogP contribution in [0, 0.1) is 0 Å². The molecule has 0 aromatic rings. The van der Waals surface area contributed by atoms with Gasteiger partial charge >= 0.3 is 11.9 Å². The molecule has 0 unspecified atom stereocenters. The van der Waals surface area contributed by atoms with Gasteiger partial charge < -0.3 is 19.3 Å². The van der Waals surface area contributed by atoms with Crippen molar-refractivity contribution in [3.63, 3.8) is 0 Å². The maximum Gasteiger partial charge on any atom is 0.308 e. The van der Waals surface area contributed by atoms with E-state index in [4.69, 9.17) is 19.3 Å². The molecule has 0 bridgehead atoms. The Kier molecular flexibility index (Phi) is 27.5. The van der Waals surface area contributed by atoms with Crippen LogP contribution in [0.3, 0.4) is 0 Å². The van der Waals surface area contributed by atoms with Gasteiger partial charge in [0, 0.05) is 6.61 Å². The Morgan fingerprint density at radius 1 is 0.583 bits per heavy atom. The standard InChI is InChI=1S/C30H58O6/c1-3-5-7-9-11-13-15-17-19-21-25-34-27-30(36-29(33)24-23-28(31)32)35-26-22-20-18-16-14-12-10-8-6-4-2/h30H,3-27H2,1-2H3,(H,31,32)/t30-/m1/s1. The average Bonchev–Trinajstić information content (AvgIpc) is 2.86. The topological polar surface area (TPSA) is 82.1 Å². The molecule has 1 N–H and O–H groups in total. The van der Waals surface area contributed by atoms with Crippen molar-refractivity contribution in [2.24, 2.45) is 0 Å². The number of carboxylic acids is 1. The van der Waals surface area contributed by atoms with Gasteiger partial charge in [0.1, 0.15) is 6.61 Å². The van der Waals surface area contributed by atoms with Gasteiger partial charge in [-0.3, -0.25) is 9.59 Å². The summed E-state index contributed by atoms with van der Waals surface area (Å²) >= 11 is 0. The molecule has 0 radical (unpaired) electrons. The van der Waals surface area contributed by atoms with Crippen LogP contribution in [0.25, 0.3) is 0 Å². The van der Waals surface area contributed by atoms with Crippen LogP contribution in [-0.4, -0.2) is 43.2 Å². The van der Waals surface area contributed by atoms with Crippen LogP contribution in [0.15, 0.2) is 0 Å². The number of ether oxygens (including phenoxy) is 3. The lowest BCUT2D eigenvalue weighted by Gasteiger charge is -2.18. The third-order valence-corrected chi connectivity index (χ3v) is 6.50. The number of carboxylic acid groups (broad SMARTS) is 1. The van der Waals surface area contributed by atoms with Gasteiger partial charge in [0.2, 0.25) is 6.29 Å². The number of hydrogen-bond donors (Lipinski definition) is 1. The fourth-order valence-electron chi connectivity index (χ4n) is 4.21. The largest absolute Gasteiger partial charge is 0.481 e. The molecule has 0 amide bonds. The van der Waals surface area contributed by atoms with E-state index >= 15 is 0 Å². The van der Waals surface area contributed by atoms with Crippen LogP contribution in [0.2, 0.25) is 0 Å². The molecule has 0 heterocycles. The van der Waals surface area contributed by atoms with Crippen LogP contribution >= 0.6 is 0 Å². The Balaban J connectivity index is 3.91. The van der Waals surface area contributed by atoms with Gasteiger partial charge in [0.15, 0.2) is 0 Å². The Morgan fingerprint density at radius 2 is 1.00 bits per heavy atom. The molecular formula is C30H58O6. The van der Waals surface area contributed by atoms with Gasteiger partial charge in [-0.2, -0.15) is 0 Å². The van der Waals surface area contributed by atoms with E-state index in [1.165, 1.54) is 103 Å². The van der Waals surface area contributed by atoms with Crippen LogP contribution in [0.5, 0.6) is 0 Å². The molecular weight excluding hydrogens is 456 g/mol. The predicted octanol–water partition coefficient (Wildman–Crippen LogP) is 8.60. The first-order valence-electron chi connectivity index (χ1n) is 15.2. The minimum Gasteiger partial charge on any atom is -0.481 e. The molecule has 1 atom stereocenters. The monoisotopic (exact) mass is 514 g/mol. The van der Waals surface area contributed by atoms with E-state index in [0.717, 1.165) is 25.7 Å². The maximum absolute atomic E-state index is 12.0. The van der Waals surface area contributed by atoms with Crippen molar-refractivity contribution < 1.29 is 28.9 Å². The number of aliphatic carboxylic acids is 1. The third-order valence-electron chi connectivity index (χ3n) is 6.50. The molecule has 6 heteroatoms. The van der Waals surface area contributed by atoms with Crippen molar-refractivity contribution in [3.8, 4) is 0 Å². The zero-order valence-electron chi connectivity index (χ0n) is 23.7. The first-order valence-corrected chi connectivity index (χ1v) is 15.2. The number of hydrogen-bond acceptors (Lipinski definition) is 5. The Labute approximate surface area is 222 Å². The summed E-state index contributed by atoms with van der Waals surface area (Å²) in [5.74, 6) is -1.56. The fourth-order valence-corrected chi connectivity index (χ4v) is 4.21. The lowest BCUT2D eigenvalue weighted by molar-refractivity contribution is -0.192. The fraction of sp³-hybridized carbons (Fsp3) is 0.933. The van der Waals surface area contributed by atoms with Gasteiger partial charge in [-0.05, 0) is 12.8 Å². The zero-order valence-corrected chi connectivity index (χ0v) is 23.7. The van der Waals surface area contributed by atoms with Crippen LogP contribution < -0.4 is 0 Å². The molecule has 0 spiro atoms. The SMILES string of the molecule is CCCCCCCCCCCCOC[C@H](OCCCCCCCCCCCC)OC(=O)CCC(=O)O. The van der Waals surface area contributed by atoms with Crippen molar-refractivity contribution in [2.45, 2.75) is 161 Å². The van der Waals surface area contributed by atoms with Crippen molar-refractivity contribution >= 4 is 11.9 Å². The minimum absolute atomic E-state index is 0.147. The second kappa shape index (κ2) is 28.4. The van der Waals surface area contributed by atoms with Crippen LogP contribution in [0.1, 0.15) is 155 Å². The van der Waals surface area contributed by atoms with E-state index in [1.807, 2.05) is 0 Å². The number of carbonyl (C=O) groups is 2. The second-order valence-corrected chi connectivity index (χ2v) is 10.1. The van der Waals surface area contributed by atoms with Gasteiger partial charge in [-0.1, -0.05) is 129 Å². The molecule has 0 rings (SSSR count).